The average molecular weight is 367 g/mol. The second kappa shape index (κ2) is 9.80. The van der Waals surface area contributed by atoms with Gasteiger partial charge in [0.25, 0.3) is 0 Å². The molecule has 0 saturated heterocycles. The van der Waals surface area contributed by atoms with Crippen LogP contribution in [0, 0.1) is 0 Å². The van der Waals surface area contributed by atoms with Gasteiger partial charge in [-0.25, -0.2) is 0 Å². The molecule has 23 heavy (non-hydrogen) atoms. The number of benzene rings is 1. The number of hydrogen-bond donors (Lipinski definition) is 1. The van der Waals surface area contributed by atoms with Gasteiger partial charge in [0.1, 0.15) is 5.75 Å². The minimum atomic E-state index is 0.768. The molecule has 0 aliphatic rings. The number of thiocarbonyl (C=S) groups is 1. The molecule has 1 N–H and O–H groups in total. The van der Waals surface area contributed by atoms with Gasteiger partial charge in [-0.2, -0.15) is 11.8 Å². The van der Waals surface area contributed by atoms with Gasteiger partial charge in [-0.3, -0.25) is 0 Å². The summed E-state index contributed by atoms with van der Waals surface area (Å²) in [6, 6.07) is 12.2. The van der Waals surface area contributed by atoms with Crippen LogP contribution in [-0.2, 0) is 6.54 Å². The maximum absolute atomic E-state index is 5.62. The summed E-state index contributed by atoms with van der Waals surface area (Å²) >= 11 is 9.23. The quantitative estimate of drug-likeness (QED) is 0.552. The summed E-state index contributed by atoms with van der Waals surface area (Å²) in [5.41, 5.74) is 1.07. The van der Waals surface area contributed by atoms with E-state index in [1.807, 2.05) is 36.0 Å². The van der Waals surface area contributed by atoms with Crippen molar-refractivity contribution < 1.29 is 4.74 Å². The highest BCUT2D eigenvalue weighted by Gasteiger charge is 2.13. The Hall–Kier alpha value is -1.24. The Bertz CT molecular complexity index is 584. The first-order valence-corrected chi connectivity index (χ1v) is 10.1. The fourth-order valence-corrected chi connectivity index (χ4v) is 3.51. The van der Waals surface area contributed by atoms with Crippen LogP contribution in [-0.4, -0.2) is 30.8 Å². The predicted octanol–water partition coefficient (Wildman–Crippen LogP) is 4.39. The van der Waals surface area contributed by atoms with E-state index in [2.05, 4.69) is 34.0 Å². The predicted molar refractivity (Wildman–Crippen MR) is 107 cm³/mol. The molecule has 1 aromatic carbocycles. The molecule has 0 fully saturated rings. The minimum Gasteiger partial charge on any atom is -0.497 e. The standard InChI is InChI=1S/C17H22N2OS3/c1-20-15-8-6-14(7-9-15)19(13-16-5-3-12-23-16)17(21)18-10-4-11-22-2/h3,5-9,12H,4,10-11,13H2,1-2H3,(H,18,21). The van der Waals surface area contributed by atoms with Gasteiger partial charge in [-0.1, -0.05) is 6.07 Å². The van der Waals surface area contributed by atoms with Crippen molar-refractivity contribution in [1.29, 1.82) is 0 Å². The lowest BCUT2D eigenvalue weighted by atomic mass is 10.2. The first-order valence-electron chi connectivity index (χ1n) is 7.45. The molecule has 124 valence electrons. The molecule has 1 aromatic heterocycles. The molecule has 6 heteroatoms. The van der Waals surface area contributed by atoms with E-state index >= 15 is 0 Å². The third-order valence-corrected chi connectivity index (χ3v) is 5.25. The summed E-state index contributed by atoms with van der Waals surface area (Å²) in [7, 11) is 1.68. The fraction of sp³-hybridized carbons (Fsp3) is 0.353. The second-order valence-electron chi connectivity index (χ2n) is 4.94. The van der Waals surface area contributed by atoms with Crippen LogP contribution >= 0.6 is 35.3 Å². The van der Waals surface area contributed by atoms with Crippen molar-refractivity contribution in [2.24, 2.45) is 0 Å². The van der Waals surface area contributed by atoms with E-state index in [9.17, 15) is 0 Å². The lowest BCUT2D eigenvalue weighted by Crippen LogP contribution is -2.39. The van der Waals surface area contributed by atoms with Gasteiger partial charge in [0.2, 0.25) is 0 Å². The highest BCUT2D eigenvalue weighted by atomic mass is 32.2. The molecule has 0 atom stereocenters. The monoisotopic (exact) mass is 366 g/mol. The summed E-state index contributed by atoms with van der Waals surface area (Å²) in [5.74, 6) is 1.99. The van der Waals surface area contributed by atoms with Crippen molar-refractivity contribution >= 4 is 46.1 Å². The smallest absolute Gasteiger partial charge is 0.173 e. The molecule has 0 aliphatic carbocycles. The van der Waals surface area contributed by atoms with Crippen LogP contribution in [0.3, 0.4) is 0 Å². The molecular formula is C17H22N2OS3. The van der Waals surface area contributed by atoms with Crippen LogP contribution in [0.25, 0.3) is 0 Å². The van der Waals surface area contributed by atoms with Crippen LogP contribution in [0.4, 0.5) is 5.69 Å². The van der Waals surface area contributed by atoms with E-state index in [1.165, 1.54) is 4.88 Å². The van der Waals surface area contributed by atoms with Crippen molar-refractivity contribution in [1.82, 2.24) is 5.32 Å². The summed E-state index contributed by atoms with van der Waals surface area (Å²) in [5, 5.41) is 6.24. The van der Waals surface area contributed by atoms with Crippen LogP contribution in [0.1, 0.15) is 11.3 Å². The van der Waals surface area contributed by atoms with Gasteiger partial charge >= 0.3 is 0 Å². The Morgan fingerprint density at radius 1 is 1.30 bits per heavy atom. The van der Waals surface area contributed by atoms with E-state index in [4.69, 9.17) is 17.0 Å². The van der Waals surface area contributed by atoms with Gasteiger partial charge < -0.3 is 15.0 Å². The summed E-state index contributed by atoms with van der Waals surface area (Å²) in [6.45, 7) is 1.68. The summed E-state index contributed by atoms with van der Waals surface area (Å²) in [6.07, 6.45) is 3.23. The van der Waals surface area contributed by atoms with E-state index in [-0.39, 0.29) is 0 Å². The second-order valence-corrected chi connectivity index (χ2v) is 7.35. The third-order valence-electron chi connectivity index (χ3n) is 3.32. The number of nitrogens with one attached hydrogen (secondary N) is 1. The molecule has 2 aromatic rings. The number of methoxy groups -OCH3 is 1. The topological polar surface area (TPSA) is 24.5 Å². The summed E-state index contributed by atoms with van der Waals surface area (Å²) < 4.78 is 5.24. The number of hydrogen-bond acceptors (Lipinski definition) is 4. The van der Waals surface area contributed by atoms with Gasteiger partial charge in [0.15, 0.2) is 5.11 Å². The van der Waals surface area contributed by atoms with E-state index < -0.39 is 0 Å². The minimum absolute atomic E-state index is 0.768. The molecule has 3 nitrogen and oxygen atoms in total. The molecule has 0 spiro atoms. The van der Waals surface area contributed by atoms with Crippen molar-refractivity contribution in [2.75, 3.05) is 30.6 Å². The van der Waals surface area contributed by atoms with Crippen molar-refractivity contribution in [3.63, 3.8) is 0 Å². The molecular weight excluding hydrogens is 344 g/mol. The number of thioether (sulfide) groups is 1. The molecule has 0 saturated carbocycles. The number of rotatable bonds is 8. The number of thiophene rings is 1. The summed E-state index contributed by atoms with van der Waals surface area (Å²) in [4.78, 5) is 3.42. The van der Waals surface area contributed by atoms with Crippen LogP contribution in [0.2, 0.25) is 0 Å². The Balaban J connectivity index is 2.08. The lowest BCUT2D eigenvalue weighted by Gasteiger charge is -2.25. The van der Waals surface area contributed by atoms with Crippen molar-refractivity contribution in [3.05, 3.63) is 46.7 Å². The third kappa shape index (κ3) is 5.71. The van der Waals surface area contributed by atoms with E-state index in [0.717, 1.165) is 41.8 Å². The van der Waals surface area contributed by atoms with Crippen LogP contribution < -0.4 is 15.0 Å². The number of nitrogens with zero attached hydrogens (tertiary/aromatic N) is 1. The molecule has 2 rings (SSSR count). The maximum Gasteiger partial charge on any atom is 0.173 e. The zero-order chi connectivity index (χ0) is 16.5. The van der Waals surface area contributed by atoms with Crippen molar-refractivity contribution in [2.45, 2.75) is 13.0 Å². The molecule has 0 unspecified atom stereocenters. The van der Waals surface area contributed by atoms with Crippen LogP contribution in [0.15, 0.2) is 41.8 Å². The fourth-order valence-electron chi connectivity index (χ4n) is 2.11. The van der Waals surface area contributed by atoms with Gasteiger partial charge in [0.05, 0.1) is 13.7 Å². The highest BCUT2D eigenvalue weighted by Crippen LogP contribution is 2.23. The first kappa shape index (κ1) is 18.1. The normalized spacial score (nSPS) is 10.3. The van der Waals surface area contributed by atoms with Crippen LogP contribution in [0.5, 0.6) is 5.75 Å². The van der Waals surface area contributed by atoms with Gasteiger partial charge in [-0.15, -0.1) is 11.3 Å². The maximum atomic E-state index is 5.62. The zero-order valence-corrected chi connectivity index (χ0v) is 15.9. The lowest BCUT2D eigenvalue weighted by molar-refractivity contribution is 0.415. The van der Waals surface area contributed by atoms with Gasteiger partial charge in [-0.05, 0) is 66.4 Å². The SMILES string of the molecule is COc1ccc(N(Cc2cccs2)C(=S)NCCCSC)cc1. The Morgan fingerprint density at radius 2 is 2.09 bits per heavy atom. The Morgan fingerprint density at radius 3 is 2.70 bits per heavy atom. The van der Waals surface area contributed by atoms with E-state index in [1.54, 1.807) is 18.4 Å². The molecule has 1 heterocycles. The number of anilines is 1. The van der Waals surface area contributed by atoms with Gasteiger partial charge in [0, 0.05) is 17.1 Å². The van der Waals surface area contributed by atoms with Crippen molar-refractivity contribution in [3.8, 4) is 5.75 Å². The first-order chi connectivity index (χ1) is 11.2. The molecule has 0 aliphatic heterocycles. The zero-order valence-electron chi connectivity index (χ0n) is 13.5. The average Bonchev–Trinajstić information content (AvgIpc) is 3.10. The molecule has 0 radical (unpaired) electrons. The molecule has 0 amide bonds. The highest BCUT2D eigenvalue weighted by molar-refractivity contribution is 7.98. The number of ether oxygens (including phenoxy) is 1. The molecule has 0 bridgehead atoms. The Kier molecular flexibility index (Phi) is 7.71. The largest absolute Gasteiger partial charge is 0.497 e. The van der Waals surface area contributed by atoms with E-state index in [0.29, 0.717) is 0 Å². The Labute approximate surface area is 152 Å².